The van der Waals surface area contributed by atoms with E-state index in [1.807, 2.05) is 0 Å². The maximum absolute atomic E-state index is 3.69. The summed E-state index contributed by atoms with van der Waals surface area (Å²) in [7, 11) is 0. The zero-order valence-corrected chi connectivity index (χ0v) is 11.4. The third-order valence-electron chi connectivity index (χ3n) is 3.86. The van der Waals surface area contributed by atoms with Crippen molar-refractivity contribution in [3.05, 3.63) is 0 Å². The Morgan fingerprint density at radius 3 is 2.29 bits per heavy atom. The average molecular weight is 262 g/mol. The van der Waals surface area contributed by atoms with Gasteiger partial charge in [-0.1, -0.05) is 36.2 Å². The predicted molar refractivity (Wildman–Crippen MR) is 67.1 cm³/mol. The van der Waals surface area contributed by atoms with E-state index in [0.717, 1.165) is 6.04 Å². The summed E-state index contributed by atoms with van der Waals surface area (Å²) < 4.78 is 0. The van der Waals surface area contributed by atoms with Crippen LogP contribution in [0.1, 0.15) is 46.5 Å². The minimum Gasteiger partial charge on any atom is -0.300 e. The van der Waals surface area contributed by atoms with Crippen LogP contribution in [0.15, 0.2) is 0 Å². The van der Waals surface area contributed by atoms with Gasteiger partial charge < -0.3 is 4.90 Å². The average Bonchev–Trinajstić information content (AvgIpc) is 2.16. The molecule has 1 aliphatic rings. The van der Waals surface area contributed by atoms with Crippen molar-refractivity contribution in [2.75, 3.05) is 18.4 Å². The van der Waals surface area contributed by atoms with Gasteiger partial charge in [-0.2, -0.15) is 0 Å². The van der Waals surface area contributed by atoms with Crippen molar-refractivity contribution in [3.63, 3.8) is 0 Å². The smallest absolute Gasteiger partial charge is 0.0100 e. The van der Waals surface area contributed by atoms with Crippen molar-refractivity contribution in [2.24, 2.45) is 5.41 Å². The summed E-state index contributed by atoms with van der Waals surface area (Å²) in [5.74, 6) is 0. The molecule has 0 aliphatic heterocycles. The van der Waals surface area contributed by atoms with E-state index in [0.29, 0.717) is 5.41 Å². The Bertz CT molecular complexity index is 160. The Morgan fingerprint density at radius 2 is 2.00 bits per heavy atom. The van der Waals surface area contributed by atoms with Crippen molar-refractivity contribution in [1.82, 2.24) is 4.90 Å². The summed E-state index contributed by atoms with van der Waals surface area (Å²) >= 11 is 3.69. The van der Waals surface area contributed by atoms with Crippen LogP contribution in [-0.4, -0.2) is 29.4 Å². The van der Waals surface area contributed by atoms with Crippen LogP contribution >= 0.6 is 15.9 Å². The minimum atomic E-state index is 0.611. The first-order chi connectivity index (χ1) is 6.67. The summed E-state index contributed by atoms with van der Waals surface area (Å²) in [4.78, 5) is 2.64. The van der Waals surface area contributed by atoms with Crippen LogP contribution < -0.4 is 0 Å². The summed E-state index contributed by atoms with van der Waals surface area (Å²) in [5, 5.41) is 1.19. The van der Waals surface area contributed by atoms with Gasteiger partial charge in [-0.25, -0.2) is 0 Å². The zero-order valence-electron chi connectivity index (χ0n) is 9.85. The molecule has 1 saturated carbocycles. The van der Waals surface area contributed by atoms with Gasteiger partial charge in [0.05, 0.1) is 0 Å². The van der Waals surface area contributed by atoms with Gasteiger partial charge in [-0.3, -0.25) is 0 Å². The first kappa shape index (κ1) is 12.5. The molecule has 2 heteroatoms. The van der Waals surface area contributed by atoms with Crippen molar-refractivity contribution < 1.29 is 0 Å². The van der Waals surface area contributed by atoms with Gasteiger partial charge >= 0.3 is 0 Å². The number of halogens is 1. The molecule has 0 spiro atoms. The molecule has 0 amide bonds. The lowest BCUT2D eigenvalue weighted by Gasteiger charge is -2.45. The molecular weight excluding hydrogens is 238 g/mol. The molecule has 0 aromatic heterocycles. The highest BCUT2D eigenvalue weighted by Gasteiger charge is 2.37. The van der Waals surface area contributed by atoms with Gasteiger partial charge in [0.1, 0.15) is 0 Å². The topological polar surface area (TPSA) is 3.24 Å². The van der Waals surface area contributed by atoms with Gasteiger partial charge in [0, 0.05) is 17.9 Å². The van der Waals surface area contributed by atoms with E-state index in [1.165, 1.54) is 44.1 Å². The summed E-state index contributed by atoms with van der Waals surface area (Å²) in [6, 6.07) is 0.747. The highest BCUT2D eigenvalue weighted by atomic mass is 79.9. The second-order valence-corrected chi connectivity index (χ2v) is 5.37. The van der Waals surface area contributed by atoms with E-state index in [1.54, 1.807) is 0 Å². The van der Waals surface area contributed by atoms with Crippen LogP contribution in [-0.2, 0) is 0 Å². The Labute approximate surface area is 97.4 Å². The van der Waals surface area contributed by atoms with E-state index in [2.05, 4.69) is 41.6 Å². The lowest BCUT2D eigenvalue weighted by molar-refractivity contribution is 0.0714. The molecule has 0 heterocycles. The second-order valence-electron chi connectivity index (χ2n) is 4.81. The fraction of sp³-hybridized carbons (Fsp3) is 1.00. The Hall–Kier alpha value is 0.440. The maximum atomic E-state index is 3.69. The second kappa shape index (κ2) is 5.50. The maximum Gasteiger partial charge on any atom is 0.0100 e. The quantitative estimate of drug-likeness (QED) is 0.660. The molecule has 1 unspecified atom stereocenters. The molecule has 0 aromatic carbocycles. The standard InChI is InChI=1S/C12H24BrN/c1-4-11(3)14(5-2)10-12(9-13)7-6-8-12/h11H,4-10H2,1-3H3. The normalized spacial score (nSPS) is 22.1. The molecule has 1 nitrogen and oxygen atoms in total. The van der Waals surface area contributed by atoms with Crippen LogP contribution in [0.2, 0.25) is 0 Å². The molecule has 0 N–H and O–H groups in total. The lowest BCUT2D eigenvalue weighted by atomic mass is 9.70. The number of rotatable bonds is 6. The van der Waals surface area contributed by atoms with Gasteiger partial charge in [-0.15, -0.1) is 0 Å². The van der Waals surface area contributed by atoms with Crippen molar-refractivity contribution in [3.8, 4) is 0 Å². The first-order valence-electron chi connectivity index (χ1n) is 5.97. The molecule has 84 valence electrons. The Kier molecular flexibility index (Phi) is 4.92. The highest BCUT2D eigenvalue weighted by Crippen LogP contribution is 2.43. The minimum absolute atomic E-state index is 0.611. The zero-order chi connectivity index (χ0) is 10.6. The molecule has 0 saturated heterocycles. The summed E-state index contributed by atoms with van der Waals surface area (Å²) in [5.41, 5.74) is 0.611. The Balaban J connectivity index is 2.46. The third-order valence-corrected chi connectivity index (χ3v) is 5.05. The molecule has 0 radical (unpaired) electrons. The predicted octanol–water partition coefficient (Wildman–Crippen LogP) is 3.67. The van der Waals surface area contributed by atoms with Crippen molar-refractivity contribution >= 4 is 15.9 Å². The third kappa shape index (κ3) is 2.73. The molecule has 1 fully saturated rings. The van der Waals surface area contributed by atoms with Crippen molar-refractivity contribution in [1.29, 1.82) is 0 Å². The highest BCUT2D eigenvalue weighted by molar-refractivity contribution is 9.09. The fourth-order valence-electron chi connectivity index (χ4n) is 2.28. The molecule has 1 rings (SSSR count). The van der Waals surface area contributed by atoms with Crippen LogP contribution in [0.4, 0.5) is 0 Å². The number of nitrogens with zero attached hydrogens (tertiary/aromatic N) is 1. The fourth-order valence-corrected chi connectivity index (χ4v) is 3.02. The largest absolute Gasteiger partial charge is 0.300 e. The van der Waals surface area contributed by atoms with E-state index in [9.17, 15) is 0 Å². The summed E-state index contributed by atoms with van der Waals surface area (Å²) in [6.07, 6.45) is 5.55. The number of hydrogen-bond donors (Lipinski definition) is 0. The van der Waals surface area contributed by atoms with Crippen molar-refractivity contribution in [2.45, 2.75) is 52.5 Å². The molecule has 14 heavy (non-hydrogen) atoms. The van der Waals surface area contributed by atoms with Crippen LogP contribution in [0.5, 0.6) is 0 Å². The summed E-state index contributed by atoms with van der Waals surface area (Å²) in [6.45, 7) is 9.42. The SMILES string of the molecule is CCC(C)N(CC)CC1(CBr)CCC1. The van der Waals surface area contributed by atoms with Gasteiger partial charge in [0.15, 0.2) is 0 Å². The monoisotopic (exact) mass is 261 g/mol. The molecule has 1 aliphatic carbocycles. The van der Waals surface area contributed by atoms with Gasteiger partial charge in [0.2, 0.25) is 0 Å². The number of hydrogen-bond acceptors (Lipinski definition) is 1. The first-order valence-corrected chi connectivity index (χ1v) is 7.09. The van der Waals surface area contributed by atoms with E-state index < -0.39 is 0 Å². The molecule has 0 aromatic rings. The van der Waals surface area contributed by atoms with Crippen LogP contribution in [0.3, 0.4) is 0 Å². The van der Waals surface area contributed by atoms with E-state index in [4.69, 9.17) is 0 Å². The molecule has 0 bridgehead atoms. The van der Waals surface area contributed by atoms with Gasteiger partial charge in [0.25, 0.3) is 0 Å². The van der Waals surface area contributed by atoms with Crippen LogP contribution in [0, 0.1) is 5.41 Å². The molecule has 1 atom stereocenters. The van der Waals surface area contributed by atoms with Gasteiger partial charge in [-0.05, 0) is 38.1 Å². The molecular formula is C12H24BrN. The van der Waals surface area contributed by atoms with Crippen LogP contribution in [0.25, 0.3) is 0 Å². The van der Waals surface area contributed by atoms with E-state index >= 15 is 0 Å². The number of alkyl halides is 1. The lowest BCUT2D eigenvalue weighted by Crippen LogP contribution is -2.46. The Morgan fingerprint density at radius 1 is 1.36 bits per heavy atom. The van der Waals surface area contributed by atoms with E-state index in [-0.39, 0.29) is 0 Å².